The molecular formula is C26H36O4. The standard InChI is InChI=1S/C26H36O4/c1-3-5-19-7-15-24(16-8-19)30-26(28)22-11-9-20(10-12-22)21-13-17-23(18-14-21)29-25(27)6-4-2/h4,6-8,15-16,20-23H,3,5,9-14,17-18H2,1-2H3/t20-,21-,22-,23-. The van der Waals surface area contributed by atoms with Crippen LogP contribution in [0, 0.1) is 17.8 Å². The van der Waals surface area contributed by atoms with Gasteiger partial charge < -0.3 is 9.47 Å². The molecule has 30 heavy (non-hydrogen) atoms. The van der Waals surface area contributed by atoms with Gasteiger partial charge in [-0.15, -0.1) is 0 Å². The Kier molecular flexibility index (Phi) is 8.53. The van der Waals surface area contributed by atoms with Crippen molar-refractivity contribution in [3.63, 3.8) is 0 Å². The molecule has 0 atom stereocenters. The average Bonchev–Trinajstić information content (AvgIpc) is 2.76. The molecule has 1 aromatic carbocycles. The summed E-state index contributed by atoms with van der Waals surface area (Å²) >= 11 is 0. The fraction of sp³-hybridized carbons (Fsp3) is 0.615. The smallest absolute Gasteiger partial charge is 0.330 e. The number of aryl methyl sites for hydroxylation is 1. The topological polar surface area (TPSA) is 52.6 Å². The lowest BCUT2D eigenvalue weighted by atomic mass is 9.70. The highest BCUT2D eigenvalue weighted by Gasteiger charge is 2.34. The Morgan fingerprint density at radius 1 is 0.933 bits per heavy atom. The molecule has 4 heteroatoms. The quantitative estimate of drug-likeness (QED) is 0.312. The summed E-state index contributed by atoms with van der Waals surface area (Å²) in [6.07, 6.45) is 13.7. The van der Waals surface area contributed by atoms with Crippen molar-refractivity contribution in [2.24, 2.45) is 17.8 Å². The molecule has 0 aliphatic heterocycles. The molecule has 0 saturated heterocycles. The Morgan fingerprint density at radius 2 is 1.53 bits per heavy atom. The van der Waals surface area contributed by atoms with Crippen LogP contribution in [0.1, 0.15) is 77.2 Å². The van der Waals surface area contributed by atoms with Crippen LogP contribution in [0.15, 0.2) is 36.4 Å². The van der Waals surface area contributed by atoms with Gasteiger partial charge in [0.25, 0.3) is 0 Å². The lowest BCUT2D eigenvalue weighted by Crippen LogP contribution is -2.31. The number of ether oxygens (including phenoxy) is 2. The molecule has 164 valence electrons. The maximum Gasteiger partial charge on any atom is 0.330 e. The van der Waals surface area contributed by atoms with E-state index in [1.54, 1.807) is 6.08 Å². The first-order valence-corrected chi connectivity index (χ1v) is 11.7. The molecule has 0 amide bonds. The molecule has 3 rings (SSSR count). The van der Waals surface area contributed by atoms with Crippen molar-refractivity contribution >= 4 is 11.9 Å². The third kappa shape index (κ3) is 6.45. The van der Waals surface area contributed by atoms with Crippen LogP contribution in [0.4, 0.5) is 0 Å². The number of esters is 2. The Bertz CT molecular complexity index is 705. The summed E-state index contributed by atoms with van der Waals surface area (Å²) in [5.41, 5.74) is 1.28. The fourth-order valence-corrected chi connectivity index (χ4v) is 5.06. The van der Waals surface area contributed by atoms with E-state index in [4.69, 9.17) is 9.47 Å². The summed E-state index contributed by atoms with van der Waals surface area (Å²) in [5.74, 6) is 1.78. The zero-order valence-electron chi connectivity index (χ0n) is 18.5. The van der Waals surface area contributed by atoms with Crippen LogP contribution < -0.4 is 4.74 Å². The van der Waals surface area contributed by atoms with Crippen molar-refractivity contribution in [2.75, 3.05) is 0 Å². The minimum absolute atomic E-state index is 0.0229. The summed E-state index contributed by atoms with van der Waals surface area (Å²) in [7, 11) is 0. The molecule has 2 aliphatic carbocycles. The predicted octanol–water partition coefficient (Wildman–Crippen LogP) is 6.03. The first-order chi connectivity index (χ1) is 14.6. The molecule has 0 N–H and O–H groups in total. The van der Waals surface area contributed by atoms with E-state index in [-0.39, 0.29) is 24.0 Å². The summed E-state index contributed by atoms with van der Waals surface area (Å²) in [6.45, 7) is 3.99. The van der Waals surface area contributed by atoms with Gasteiger partial charge in [-0.1, -0.05) is 31.6 Å². The molecule has 2 fully saturated rings. The van der Waals surface area contributed by atoms with Gasteiger partial charge in [-0.2, -0.15) is 0 Å². The summed E-state index contributed by atoms with van der Waals surface area (Å²) in [5, 5.41) is 0. The Morgan fingerprint density at radius 3 is 2.10 bits per heavy atom. The average molecular weight is 413 g/mol. The van der Waals surface area contributed by atoms with E-state index in [0.717, 1.165) is 64.2 Å². The molecule has 2 aliphatic rings. The molecule has 4 nitrogen and oxygen atoms in total. The van der Waals surface area contributed by atoms with Gasteiger partial charge in [0, 0.05) is 6.08 Å². The minimum Gasteiger partial charge on any atom is -0.459 e. The van der Waals surface area contributed by atoms with Gasteiger partial charge in [0.1, 0.15) is 11.9 Å². The van der Waals surface area contributed by atoms with Gasteiger partial charge in [-0.25, -0.2) is 4.79 Å². The van der Waals surface area contributed by atoms with Gasteiger partial charge in [-0.05, 0) is 94.2 Å². The summed E-state index contributed by atoms with van der Waals surface area (Å²) in [6, 6.07) is 7.93. The first kappa shape index (κ1) is 22.6. The van der Waals surface area contributed by atoms with Gasteiger partial charge in [0.15, 0.2) is 0 Å². The van der Waals surface area contributed by atoms with E-state index < -0.39 is 0 Å². The van der Waals surface area contributed by atoms with Crippen LogP contribution in [-0.2, 0) is 20.7 Å². The lowest BCUT2D eigenvalue weighted by Gasteiger charge is -2.37. The number of carbonyl (C=O) groups is 2. The molecule has 0 radical (unpaired) electrons. The van der Waals surface area contributed by atoms with E-state index in [9.17, 15) is 9.59 Å². The van der Waals surface area contributed by atoms with Gasteiger partial charge in [0.2, 0.25) is 0 Å². The highest BCUT2D eigenvalue weighted by Crippen LogP contribution is 2.40. The van der Waals surface area contributed by atoms with E-state index in [2.05, 4.69) is 19.1 Å². The second-order valence-electron chi connectivity index (χ2n) is 8.90. The van der Waals surface area contributed by atoms with Crippen molar-refractivity contribution in [1.29, 1.82) is 0 Å². The third-order valence-corrected chi connectivity index (χ3v) is 6.76. The second kappa shape index (κ2) is 11.3. The van der Waals surface area contributed by atoms with Crippen LogP contribution in [0.25, 0.3) is 0 Å². The zero-order valence-corrected chi connectivity index (χ0v) is 18.5. The molecule has 0 bridgehead atoms. The predicted molar refractivity (Wildman–Crippen MR) is 118 cm³/mol. The van der Waals surface area contributed by atoms with Crippen LogP contribution in [-0.4, -0.2) is 18.0 Å². The van der Waals surface area contributed by atoms with E-state index in [1.807, 2.05) is 19.1 Å². The third-order valence-electron chi connectivity index (χ3n) is 6.76. The van der Waals surface area contributed by atoms with Gasteiger partial charge in [-0.3, -0.25) is 4.79 Å². The number of hydrogen-bond acceptors (Lipinski definition) is 4. The summed E-state index contributed by atoms with van der Waals surface area (Å²) in [4.78, 5) is 24.2. The van der Waals surface area contributed by atoms with Crippen molar-refractivity contribution < 1.29 is 19.1 Å². The lowest BCUT2D eigenvalue weighted by molar-refractivity contribution is -0.145. The largest absolute Gasteiger partial charge is 0.459 e. The van der Waals surface area contributed by atoms with Crippen LogP contribution in [0.2, 0.25) is 0 Å². The summed E-state index contributed by atoms with van der Waals surface area (Å²) < 4.78 is 11.2. The molecule has 0 heterocycles. The number of hydrogen-bond donors (Lipinski definition) is 0. The Balaban J connectivity index is 1.39. The fourth-order valence-electron chi connectivity index (χ4n) is 5.06. The van der Waals surface area contributed by atoms with E-state index >= 15 is 0 Å². The monoisotopic (exact) mass is 412 g/mol. The highest BCUT2D eigenvalue weighted by molar-refractivity contribution is 5.81. The van der Waals surface area contributed by atoms with Crippen LogP contribution >= 0.6 is 0 Å². The molecular weight excluding hydrogens is 376 g/mol. The van der Waals surface area contributed by atoms with Crippen molar-refractivity contribution in [1.82, 2.24) is 0 Å². The van der Waals surface area contributed by atoms with Gasteiger partial charge in [0.05, 0.1) is 5.92 Å². The molecule has 0 unspecified atom stereocenters. The zero-order chi connectivity index (χ0) is 21.3. The van der Waals surface area contributed by atoms with E-state index in [0.29, 0.717) is 17.6 Å². The number of allylic oxidation sites excluding steroid dienone is 1. The van der Waals surface area contributed by atoms with E-state index in [1.165, 1.54) is 11.6 Å². The molecule has 0 aromatic heterocycles. The van der Waals surface area contributed by atoms with Crippen LogP contribution in [0.3, 0.4) is 0 Å². The molecule has 0 spiro atoms. The highest BCUT2D eigenvalue weighted by atomic mass is 16.5. The number of carbonyl (C=O) groups excluding carboxylic acids is 2. The number of benzene rings is 1. The van der Waals surface area contributed by atoms with Crippen LogP contribution in [0.5, 0.6) is 5.75 Å². The second-order valence-corrected chi connectivity index (χ2v) is 8.90. The minimum atomic E-state index is -0.222. The molecule has 2 saturated carbocycles. The normalized spacial score (nSPS) is 27.0. The Labute approximate surface area is 181 Å². The number of rotatable bonds is 7. The van der Waals surface area contributed by atoms with Crippen molar-refractivity contribution in [3.8, 4) is 5.75 Å². The maximum atomic E-state index is 12.6. The van der Waals surface area contributed by atoms with Crippen molar-refractivity contribution in [3.05, 3.63) is 42.0 Å². The Hall–Kier alpha value is -2.10. The SMILES string of the molecule is CC=CC(=O)O[C@H]1CC[C@H]([C@H]2CC[C@H](C(=O)Oc3ccc(CCC)cc3)CC2)CC1. The van der Waals surface area contributed by atoms with Crippen molar-refractivity contribution in [2.45, 2.75) is 84.2 Å². The maximum absolute atomic E-state index is 12.6. The van der Waals surface area contributed by atoms with Gasteiger partial charge >= 0.3 is 11.9 Å². The molecule has 1 aromatic rings. The first-order valence-electron chi connectivity index (χ1n) is 11.7.